The summed E-state index contributed by atoms with van der Waals surface area (Å²) in [5.74, 6) is -0.169. The topological polar surface area (TPSA) is 105 Å². The van der Waals surface area contributed by atoms with Crippen molar-refractivity contribution in [3.8, 4) is 0 Å². The maximum atomic E-state index is 12.1. The number of nitrogens with one attached hydrogen (secondary N) is 2. The Morgan fingerprint density at radius 3 is 2.57 bits per heavy atom. The second-order valence-corrected chi connectivity index (χ2v) is 6.89. The molecule has 4 N–H and O–H groups in total. The van der Waals surface area contributed by atoms with Gasteiger partial charge in [0, 0.05) is 20.6 Å². The minimum Gasteiger partial charge on any atom is -0.397 e. The van der Waals surface area contributed by atoms with Gasteiger partial charge in [0.05, 0.1) is 22.8 Å². The van der Waals surface area contributed by atoms with Crippen LogP contribution in [0.1, 0.15) is 13.3 Å². The number of hydrogen-bond acceptors (Lipinski definition) is 5. The number of carbonyl (C=O) groups is 1. The Bertz CT molecular complexity index is 599. The van der Waals surface area contributed by atoms with Gasteiger partial charge < -0.3 is 16.4 Å². The van der Waals surface area contributed by atoms with E-state index in [2.05, 4.69) is 10.6 Å². The second-order valence-electron chi connectivity index (χ2n) is 4.74. The van der Waals surface area contributed by atoms with E-state index in [-0.39, 0.29) is 17.3 Å². The van der Waals surface area contributed by atoms with Gasteiger partial charge in [-0.2, -0.15) is 0 Å². The fourth-order valence-electron chi connectivity index (χ4n) is 1.56. The Hall–Kier alpha value is -1.80. The molecule has 1 aromatic rings. The standard InChI is InChI=1S/C13H22N4O3S/c1-4-7-15-13(18)9-16-12-8-10(5-6-11(12)14)21(19,20)17(2)3/h5-6,8,16H,4,7,9,14H2,1-3H3,(H,15,18). The summed E-state index contributed by atoms with van der Waals surface area (Å²) in [6.07, 6.45) is 0.852. The highest BCUT2D eigenvalue weighted by Gasteiger charge is 2.18. The summed E-state index contributed by atoms with van der Waals surface area (Å²) < 4.78 is 25.2. The third-order valence-electron chi connectivity index (χ3n) is 2.81. The highest BCUT2D eigenvalue weighted by molar-refractivity contribution is 7.89. The molecule has 0 radical (unpaired) electrons. The Morgan fingerprint density at radius 2 is 2.00 bits per heavy atom. The van der Waals surface area contributed by atoms with Crippen molar-refractivity contribution in [3.05, 3.63) is 18.2 Å². The lowest BCUT2D eigenvalue weighted by atomic mass is 10.2. The van der Waals surface area contributed by atoms with Gasteiger partial charge in [0.2, 0.25) is 15.9 Å². The molecule has 0 atom stereocenters. The van der Waals surface area contributed by atoms with E-state index in [4.69, 9.17) is 5.73 Å². The van der Waals surface area contributed by atoms with Gasteiger partial charge in [0.1, 0.15) is 0 Å². The van der Waals surface area contributed by atoms with Gasteiger partial charge in [-0.05, 0) is 24.6 Å². The molecule has 7 nitrogen and oxygen atoms in total. The van der Waals surface area contributed by atoms with Crippen LogP contribution >= 0.6 is 0 Å². The van der Waals surface area contributed by atoms with E-state index in [0.717, 1.165) is 10.7 Å². The number of nitrogens with two attached hydrogens (primary N) is 1. The van der Waals surface area contributed by atoms with Crippen molar-refractivity contribution < 1.29 is 13.2 Å². The third-order valence-corrected chi connectivity index (χ3v) is 4.63. The van der Waals surface area contributed by atoms with Crippen molar-refractivity contribution in [3.63, 3.8) is 0 Å². The van der Waals surface area contributed by atoms with Crippen LogP contribution in [0.4, 0.5) is 11.4 Å². The van der Waals surface area contributed by atoms with Crippen LogP contribution < -0.4 is 16.4 Å². The second kappa shape index (κ2) is 7.28. The lowest BCUT2D eigenvalue weighted by Crippen LogP contribution is -2.30. The van der Waals surface area contributed by atoms with E-state index >= 15 is 0 Å². The van der Waals surface area contributed by atoms with Gasteiger partial charge in [-0.25, -0.2) is 12.7 Å². The molecule has 21 heavy (non-hydrogen) atoms. The quantitative estimate of drug-likeness (QED) is 0.634. The summed E-state index contributed by atoms with van der Waals surface area (Å²) in [7, 11) is -0.621. The number of benzene rings is 1. The molecule has 0 aliphatic rings. The number of carbonyl (C=O) groups excluding carboxylic acids is 1. The van der Waals surface area contributed by atoms with E-state index in [9.17, 15) is 13.2 Å². The van der Waals surface area contributed by atoms with Crippen LogP contribution in [0, 0.1) is 0 Å². The van der Waals surface area contributed by atoms with Gasteiger partial charge in [-0.15, -0.1) is 0 Å². The predicted octanol–water partition coefficient (Wildman–Crippen LogP) is 0.457. The molecule has 0 heterocycles. The predicted molar refractivity (Wildman–Crippen MR) is 83.5 cm³/mol. The number of nitrogens with zero attached hydrogens (tertiary/aromatic N) is 1. The van der Waals surface area contributed by atoms with E-state index in [0.29, 0.717) is 17.9 Å². The Balaban J connectivity index is 2.87. The number of sulfonamides is 1. The van der Waals surface area contributed by atoms with Crippen LogP contribution in [-0.2, 0) is 14.8 Å². The van der Waals surface area contributed by atoms with Crippen LogP contribution in [-0.4, -0.2) is 45.8 Å². The number of nitrogen functional groups attached to an aromatic ring is 1. The molecule has 1 amide bonds. The number of rotatable bonds is 7. The summed E-state index contributed by atoms with van der Waals surface area (Å²) in [5, 5.41) is 5.57. The summed E-state index contributed by atoms with van der Waals surface area (Å²) in [4.78, 5) is 11.7. The van der Waals surface area contributed by atoms with Gasteiger partial charge in [-0.1, -0.05) is 6.92 Å². The SMILES string of the molecule is CCCNC(=O)CNc1cc(S(=O)(=O)N(C)C)ccc1N. The zero-order valence-electron chi connectivity index (χ0n) is 12.5. The van der Waals surface area contributed by atoms with Crippen molar-refractivity contribution in [2.24, 2.45) is 0 Å². The normalized spacial score (nSPS) is 11.4. The average molecular weight is 314 g/mol. The van der Waals surface area contributed by atoms with Gasteiger partial charge >= 0.3 is 0 Å². The zero-order valence-corrected chi connectivity index (χ0v) is 13.3. The molecule has 118 valence electrons. The number of anilines is 2. The van der Waals surface area contributed by atoms with Crippen LogP contribution in [0.5, 0.6) is 0 Å². The molecular weight excluding hydrogens is 292 g/mol. The minimum absolute atomic E-state index is 0.0374. The first kappa shape index (κ1) is 17.3. The smallest absolute Gasteiger partial charge is 0.242 e. The highest BCUT2D eigenvalue weighted by atomic mass is 32.2. The molecule has 8 heteroatoms. The lowest BCUT2D eigenvalue weighted by Gasteiger charge is -2.14. The van der Waals surface area contributed by atoms with Crippen LogP contribution in [0.3, 0.4) is 0 Å². The third kappa shape index (κ3) is 4.61. The summed E-state index contributed by atoms with van der Waals surface area (Å²) in [6, 6.07) is 4.37. The number of hydrogen-bond donors (Lipinski definition) is 3. The monoisotopic (exact) mass is 314 g/mol. The first-order valence-corrected chi connectivity index (χ1v) is 8.05. The van der Waals surface area contributed by atoms with E-state index in [1.165, 1.54) is 32.3 Å². The van der Waals surface area contributed by atoms with Gasteiger partial charge in [0.15, 0.2) is 0 Å². The molecule has 0 aliphatic carbocycles. The Labute approximate surface area is 125 Å². The molecule has 0 aliphatic heterocycles. The molecule has 0 fully saturated rings. The molecule has 0 unspecified atom stereocenters. The molecule has 0 bridgehead atoms. The lowest BCUT2D eigenvalue weighted by molar-refractivity contribution is -0.119. The first-order valence-electron chi connectivity index (χ1n) is 6.61. The van der Waals surface area contributed by atoms with E-state index in [1.54, 1.807) is 0 Å². The zero-order chi connectivity index (χ0) is 16.0. The van der Waals surface area contributed by atoms with Gasteiger partial charge in [-0.3, -0.25) is 4.79 Å². The molecule has 0 spiro atoms. The maximum absolute atomic E-state index is 12.1. The van der Waals surface area contributed by atoms with Crippen LogP contribution in [0.15, 0.2) is 23.1 Å². The fourth-order valence-corrected chi connectivity index (χ4v) is 2.49. The Morgan fingerprint density at radius 1 is 1.33 bits per heavy atom. The molecule has 0 saturated heterocycles. The average Bonchev–Trinajstić information content (AvgIpc) is 2.43. The van der Waals surface area contributed by atoms with Gasteiger partial charge in [0.25, 0.3) is 0 Å². The summed E-state index contributed by atoms with van der Waals surface area (Å²) in [5.41, 5.74) is 6.60. The highest BCUT2D eigenvalue weighted by Crippen LogP contribution is 2.23. The van der Waals surface area contributed by atoms with Crippen molar-refractivity contribution >= 4 is 27.3 Å². The fraction of sp³-hybridized carbons (Fsp3) is 0.462. The molecule has 1 rings (SSSR count). The van der Waals surface area contributed by atoms with E-state index in [1.807, 2.05) is 6.92 Å². The summed E-state index contributed by atoms with van der Waals surface area (Å²) >= 11 is 0. The van der Waals surface area contributed by atoms with Crippen molar-refractivity contribution in [2.75, 3.05) is 38.2 Å². The summed E-state index contributed by atoms with van der Waals surface area (Å²) in [6.45, 7) is 2.60. The van der Waals surface area contributed by atoms with Crippen LogP contribution in [0.25, 0.3) is 0 Å². The molecule has 1 aromatic carbocycles. The number of amides is 1. The van der Waals surface area contributed by atoms with E-state index < -0.39 is 10.0 Å². The maximum Gasteiger partial charge on any atom is 0.242 e. The van der Waals surface area contributed by atoms with Crippen molar-refractivity contribution in [1.82, 2.24) is 9.62 Å². The first-order chi connectivity index (χ1) is 9.78. The van der Waals surface area contributed by atoms with Crippen molar-refractivity contribution in [2.45, 2.75) is 18.2 Å². The molecular formula is C13H22N4O3S. The minimum atomic E-state index is -3.53. The molecule has 0 saturated carbocycles. The molecule has 0 aromatic heterocycles. The van der Waals surface area contributed by atoms with Crippen LogP contribution in [0.2, 0.25) is 0 Å². The van der Waals surface area contributed by atoms with Crippen molar-refractivity contribution in [1.29, 1.82) is 0 Å². The Kier molecular flexibility index (Phi) is 5.98. The largest absolute Gasteiger partial charge is 0.397 e.